The van der Waals surface area contributed by atoms with E-state index in [4.69, 9.17) is 40.5 Å². The Hall–Kier alpha value is -0.180. The number of nitrogens with zero attached hydrogens (tertiary/aromatic N) is 1. The highest BCUT2D eigenvalue weighted by Gasteiger charge is 2.09. The van der Waals surface area contributed by atoms with Crippen LogP contribution >= 0.6 is 34.8 Å². The molecule has 0 amide bonds. The van der Waals surface area contributed by atoms with Crippen LogP contribution in [0, 0.1) is 6.92 Å². The van der Waals surface area contributed by atoms with Crippen LogP contribution in [0.15, 0.2) is 0 Å². The lowest BCUT2D eigenvalue weighted by molar-refractivity contribution is 1.27. The summed E-state index contributed by atoms with van der Waals surface area (Å²) in [6.45, 7) is 1.73. The third kappa shape index (κ3) is 1.53. The first-order valence-corrected chi connectivity index (χ1v) is 3.94. The van der Waals surface area contributed by atoms with Gasteiger partial charge in [-0.1, -0.05) is 34.8 Å². The van der Waals surface area contributed by atoms with E-state index in [1.165, 1.54) is 0 Å². The summed E-state index contributed by atoms with van der Waals surface area (Å²) in [6, 6.07) is 0. The van der Waals surface area contributed by atoms with Crippen molar-refractivity contribution >= 4 is 40.5 Å². The fourth-order valence-corrected chi connectivity index (χ4v) is 1.29. The van der Waals surface area contributed by atoms with Crippen molar-refractivity contribution in [2.75, 3.05) is 5.73 Å². The van der Waals surface area contributed by atoms with Crippen LogP contribution in [0.5, 0.6) is 0 Å². The van der Waals surface area contributed by atoms with Crippen molar-refractivity contribution in [3.8, 4) is 0 Å². The molecule has 0 bridgehead atoms. The largest absolute Gasteiger partial charge is 0.395 e. The smallest absolute Gasteiger partial charge is 0.155 e. The van der Waals surface area contributed by atoms with Crippen LogP contribution in [0.25, 0.3) is 0 Å². The van der Waals surface area contributed by atoms with Crippen molar-refractivity contribution in [2.45, 2.75) is 6.92 Å². The van der Waals surface area contributed by atoms with Gasteiger partial charge in [-0.2, -0.15) is 0 Å². The molecule has 1 aromatic heterocycles. The first-order valence-electron chi connectivity index (χ1n) is 2.80. The summed E-state index contributed by atoms with van der Waals surface area (Å²) in [7, 11) is 0. The molecule has 60 valence electrons. The Morgan fingerprint density at radius 3 is 2.27 bits per heavy atom. The van der Waals surface area contributed by atoms with Gasteiger partial charge in [-0.25, -0.2) is 4.98 Å². The standard InChI is InChI=1S/C6H5Cl3N2/c1-2-3(7)4(10)6(9)11-5(2)8/h10H2,1H3. The van der Waals surface area contributed by atoms with Gasteiger partial charge in [0.2, 0.25) is 0 Å². The SMILES string of the molecule is Cc1c(Cl)nc(Cl)c(N)c1Cl. The molecule has 0 saturated carbocycles. The zero-order valence-electron chi connectivity index (χ0n) is 5.66. The Morgan fingerprint density at radius 2 is 1.73 bits per heavy atom. The lowest BCUT2D eigenvalue weighted by Gasteiger charge is -2.04. The number of hydrogen-bond donors (Lipinski definition) is 1. The van der Waals surface area contributed by atoms with Gasteiger partial charge in [-0.15, -0.1) is 0 Å². The number of nitrogen functional groups attached to an aromatic ring is 1. The number of anilines is 1. The molecule has 0 aliphatic rings. The molecule has 0 atom stereocenters. The van der Waals surface area contributed by atoms with Crippen molar-refractivity contribution in [1.29, 1.82) is 0 Å². The van der Waals surface area contributed by atoms with Crippen molar-refractivity contribution in [1.82, 2.24) is 4.98 Å². The summed E-state index contributed by atoms with van der Waals surface area (Å²) in [5.74, 6) is 0. The minimum atomic E-state index is 0.144. The number of hydrogen-bond acceptors (Lipinski definition) is 2. The van der Waals surface area contributed by atoms with E-state index < -0.39 is 0 Å². The quantitative estimate of drug-likeness (QED) is 0.670. The maximum absolute atomic E-state index is 5.75. The normalized spacial score (nSPS) is 10.2. The Kier molecular flexibility index (Phi) is 2.47. The molecule has 1 heterocycles. The van der Waals surface area contributed by atoms with E-state index in [0.29, 0.717) is 10.6 Å². The summed E-state index contributed by atoms with van der Waals surface area (Å²) in [5.41, 5.74) is 6.39. The van der Waals surface area contributed by atoms with Crippen molar-refractivity contribution in [2.24, 2.45) is 0 Å². The molecule has 0 saturated heterocycles. The van der Waals surface area contributed by atoms with E-state index in [2.05, 4.69) is 4.98 Å². The highest BCUT2D eigenvalue weighted by atomic mass is 35.5. The summed E-state index contributed by atoms with van der Waals surface area (Å²) in [5, 5.41) is 0.801. The van der Waals surface area contributed by atoms with Crippen molar-refractivity contribution in [3.05, 3.63) is 20.9 Å². The maximum Gasteiger partial charge on any atom is 0.155 e. The maximum atomic E-state index is 5.75. The molecule has 2 N–H and O–H groups in total. The zero-order chi connectivity index (χ0) is 8.59. The molecule has 0 fully saturated rings. The number of rotatable bonds is 0. The van der Waals surface area contributed by atoms with E-state index in [1.54, 1.807) is 6.92 Å². The van der Waals surface area contributed by atoms with Crippen LogP contribution < -0.4 is 5.73 Å². The van der Waals surface area contributed by atoms with Gasteiger partial charge in [-0.3, -0.25) is 0 Å². The second-order valence-corrected chi connectivity index (χ2v) is 3.14. The lowest BCUT2D eigenvalue weighted by Crippen LogP contribution is -1.94. The van der Waals surface area contributed by atoms with Gasteiger partial charge in [0.1, 0.15) is 5.15 Å². The average molecular weight is 211 g/mol. The van der Waals surface area contributed by atoms with Crippen molar-refractivity contribution in [3.63, 3.8) is 0 Å². The van der Waals surface area contributed by atoms with E-state index in [9.17, 15) is 0 Å². The molecule has 0 aliphatic heterocycles. The molecule has 0 aliphatic carbocycles. The minimum absolute atomic E-state index is 0.144. The second-order valence-electron chi connectivity index (χ2n) is 2.05. The van der Waals surface area contributed by atoms with Crippen LogP contribution in [-0.4, -0.2) is 4.98 Å². The van der Waals surface area contributed by atoms with Crippen LogP contribution in [0.2, 0.25) is 15.3 Å². The Bertz CT molecular complexity index is 272. The molecular formula is C6H5Cl3N2. The van der Waals surface area contributed by atoms with Crippen LogP contribution in [-0.2, 0) is 0 Å². The van der Waals surface area contributed by atoms with Gasteiger partial charge in [0.15, 0.2) is 5.15 Å². The Morgan fingerprint density at radius 1 is 1.18 bits per heavy atom. The van der Waals surface area contributed by atoms with Crippen LogP contribution in [0.1, 0.15) is 5.56 Å². The molecule has 0 radical (unpaired) electrons. The lowest BCUT2D eigenvalue weighted by atomic mass is 10.3. The molecule has 11 heavy (non-hydrogen) atoms. The number of halogens is 3. The van der Waals surface area contributed by atoms with Gasteiger partial charge in [0, 0.05) is 5.56 Å². The molecule has 1 aromatic rings. The Labute approximate surface area is 79.3 Å². The van der Waals surface area contributed by atoms with E-state index in [1.807, 2.05) is 0 Å². The topological polar surface area (TPSA) is 38.9 Å². The zero-order valence-corrected chi connectivity index (χ0v) is 7.93. The third-order valence-corrected chi connectivity index (χ3v) is 2.44. The highest BCUT2D eigenvalue weighted by molar-refractivity contribution is 6.41. The summed E-state index contributed by atoms with van der Waals surface area (Å²) in [6.07, 6.45) is 0. The summed E-state index contributed by atoms with van der Waals surface area (Å²) in [4.78, 5) is 3.75. The first-order chi connectivity index (χ1) is 5.04. The number of nitrogens with two attached hydrogens (primary N) is 1. The molecule has 0 unspecified atom stereocenters. The van der Waals surface area contributed by atoms with Gasteiger partial charge >= 0.3 is 0 Å². The average Bonchev–Trinajstić information content (AvgIpc) is 1.97. The molecule has 0 spiro atoms. The molecule has 2 nitrogen and oxygen atoms in total. The fourth-order valence-electron chi connectivity index (χ4n) is 0.613. The minimum Gasteiger partial charge on any atom is -0.395 e. The highest BCUT2D eigenvalue weighted by Crippen LogP contribution is 2.32. The van der Waals surface area contributed by atoms with E-state index >= 15 is 0 Å². The second kappa shape index (κ2) is 3.05. The van der Waals surface area contributed by atoms with E-state index in [-0.39, 0.29) is 16.0 Å². The monoisotopic (exact) mass is 210 g/mol. The van der Waals surface area contributed by atoms with Crippen LogP contribution in [0.3, 0.4) is 0 Å². The van der Waals surface area contributed by atoms with Gasteiger partial charge in [0.25, 0.3) is 0 Å². The van der Waals surface area contributed by atoms with Gasteiger partial charge in [0.05, 0.1) is 10.7 Å². The molecule has 5 heteroatoms. The van der Waals surface area contributed by atoms with Gasteiger partial charge < -0.3 is 5.73 Å². The van der Waals surface area contributed by atoms with E-state index in [0.717, 1.165) is 0 Å². The Balaban J connectivity index is 3.46. The van der Waals surface area contributed by atoms with Crippen molar-refractivity contribution < 1.29 is 0 Å². The van der Waals surface area contributed by atoms with Gasteiger partial charge in [-0.05, 0) is 6.92 Å². The summed E-state index contributed by atoms with van der Waals surface area (Å²) < 4.78 is 0. The third-order valence-electron chi connectivity index (χ3n) is 1.29. The first kappa shape index (κ1) is 8.91. The number of pyridine rings is 1. The predicted molar refractivity (Wildman–Crippen MR) is 48.4 cm³/mol. The number of aromatic nitrogens is 1. The summed E-state index contributed by atoms with van der Waals surface area (Å²) >= 11 is 17.0. The fraction of sp³-hybridized carbons (Fsp3) is 0.167. The predicted octanol–water partition coefficient (Wildman–Crippen LogP) is 2.93. The molecule has 1 rings (SSSR count). The molecule has 0 aromatic carbocycles. The molecular weight excluding hydrogens is 206 g/mol. The van der Waals surface area contributed by atoms with Crippen LogP contribution in [0.4, 0.5) is 5.69 Å².